The number of urea groups is 1. The highest BCUT2D eigenvalue weighted by Gasteiger charge is 2.23. The van der Waals surface area contributed by atoms with E-state index in [-0.39, 0.29) is 23.9 Å². The maximum atomic E-state index is 12.8. The predicted molar refractivity (Wildman–Crippen MR) is 81.5 cm³/mol. The molecule has 1 aliphatic heterocycles. The van der Waals surface area contributed by atoms with Crippen LogP contribution >= 0.6 is 0 Å². The van der Waals surface area contributed by atoms with Crippen LogP contribution in [0.5, 0.6) is 5.75 Å². The molecule has 0 saturated carbocycles. The second-order valence-corrected chi connectivity index (χ2v) is 5.56. The van der Waals surface area contributed by atoms with Gasteiger partial charge in [0, 0.05) is 19.2 Å². The standard InChI is InChI=1S/C16H23FN2O3/c1-12(11-22-15-5-3-14(17)4-6-15)18-16(20)19-8-10-21-9-7-13(19)2/h3-6,12-13H,7-11H2,1-2H3,(H,18,20)/t12-,13+/m1/s1. The molecule has 0 spiro atoms. The summed E-state index contributed by atoms with van der Waals surface area (Å²) in [6, 6.07) is 5.74. The summed E-state index contributed by atoms with van der Waals surface area (Å²) in [6.45, 7) is 6.08. The van der Waals surface area contributed by atoms with Crippen LogP contribution < -0.4 is 10.1 Å². The van der Waals surface area contributed by atoms with Gasteiger partial charge in [0.1, 0.15) is 18.2 Å². The van der Waals surface area contributed by atoms with Gasteiger partial charge in [-0.2, -0.15) is 0 Å². The molecule has 0 radical (unpaired) electrons. The number of nitrogens with zero attached hydrogens (tertiary/aromatic N) is 1. The number of ether oxygens (including phenoxy) is 2. The summed E-state index contributed by atoms with van der Waals surface area (Å²) in [5.41, 5.74) is 0. The van der Waals surface area contributed by atoms with Gasteiger partial charge in [0.25, 0.3) is 0 Å². The summed E-state index contributed by atoms with van der Waals surface area (Å²) >= 11 is 0. The van der Waals surface area contributed by atoms with Gasteiger partial charge in [-0.1, -0.05) is 0 Å². The highest BCUT2D eigenvalue weighted by atomic mass is 19.1. The number of hydrogen-bond acceptors (Lipinski definition) is 3. The van der Waals surface area contributed by atoms with Crippen molar-refractivity contribution in [3.8, 4) is 5.75 Å². The van der Waals surface area contributed by atoms with Crippen LogP contribution in [-0.2, 0) is 4.74 Å². The molecule has 1 fully saturated rings. The number of carbonyl (C=O) groups is 1. The van der Waals surface area contributed by atoms with E-state index in [4.69, 9.17) is 9.47 Å². The van der Waals surface area contributed by atoms with Gasteiger partial charge in [0.05, 0.1) is 12.6 Å². The summed E-state index contributed by atoms with van der Waals surface area (Å²) in [5, 5.41) is 2.92. The monoisotopic (exact) mass is 310 g/mol. The van der Waals surface area contributed by atoms with Gasteiger partial charge in [-0.3, -0.25) is 0 Å². The molecule has 2 amide bonds. The molecule has 0 unspecified atom stereocenters. The Morgan fingerprint density at radius 2 is 2.18 bits per heavy atom. The minimum absolute atomic E-state index is 0.104. The number of halogens is 1. The van der Waals surface area contributed by atoms with E-state index in [2.05, 4.69) is 5.32 Å². The maximum absolute atomic E-state index is 12.8. The molecule has 1 saturated heterocycles. The Kier molecular flexibility index (Phi) is 6.00. The molecule has 2 atom stereocenters. The van der Waals surface area contributed by atoms with Crippen LogP contribution in [0.1, 0.15) is 20.3 Å². The van der Waals surface area contributed by atoms with Gasteiger partial charge in [0.2, 0.25) is 0 Å². The molecule has 5 nitrogen and oxygen atoms in total. The van der Waals surface area contributed by atoms with Crippen molar-refractivity contribution in [3.63, 3.8) is 0 Å². The van der Waals surface area contributed by atoms with Crippen molar-refractivity contribution in [2.45, 2.75) is 32.4 Å². The average molecular weight is 310 g/mol. The van der Waals surface area contributed by atoms with E-state index < -0.39 is 0 Å². The summed E-state index contributed by atoms with van der Waals surface area (Å²) in [5.74, 6) is 0.283. The van der Waals surface area contributed by atoms with Crippen LogP contribution in [0.25, 0.3) is 0 Å². The lowest BCUT2D eigenvalue weighted by molar-refractivity contribution is 0.140. The molecular formula is C16H23FN2O3. The van der Waals surface area contributed by atoms with E-state index in [1.807, 2.05) is 13.8 Å². The average Bonchev–Trinajstić information content (AvgIpc) is 2.71. The van der Waals surface area contributed by atoms with E-state index in [0.717, 1.165) is 6.42 Å². The summed E-state index contributed by atoms with van der Waals surface area (Å²) < 4.78 is 23.7. The van der Waals surface area contributed by atoms with Crippen LogP contribution in [0.15, 0.2) is 24.3 Å². The van der Waals surface area contributed by atoms with Crippen molar-refractivity contribution >= 4 is 6.03 Å². The molecule has 0 aromatic heterocycles. The van der Waals surface area contributed by atoms with Crippen LogP contribution in [0.3, 0.4) is 0 Å². The van der Waals surface area contributed by atoms with E-state index in [0.29, 0.717) is 32.1 Å². The van der Waals surface area contributed by atoms with E-state index in [1.54, 1.807) is 17.0 Å². The molecule has 122 valence electrons. The predicted octanol–water partition coefficient (Wildman–Crippen LogP) is 2.41. The molecule has 0 bridgehead atoms. The summed E-state index contributed by atoms with van der Waals surface area (Å²) in [7, 11) is 0. The Bertz CT molecular complexity index is 481. The number of carbonyl (C=O) groups excluding carboxylic acids is 1. The van der Waals surface area contributed by atoms with Crippen molar-refractivity contribution in [3.05, 3.63) is 30.1 Å². The van der Waals surface area contributed by atoms with E-state index >= 15 is 0 Å². The zero-order chi connectivity index (χ0) is 15.9. The third kappa shape index (κ3) is 4.87. The van der Waals surface area contributed by atoms with Crippen LogP contribution in [0, 0.1) is 5.82 Å². The Hall–Kier alpha value is -1.82. The minimum atomic E-state index is -0.300. The van der Waals surface area contributed by atoms with E-state index in [9.17, 15) is 9.18 Å². The Balaban J connectivity index is 1.79. The fourth-order valence-corrected chi connectivity index (χ4v) is 2.28. The van der Waals surface area contributed by atoms with Crippen molar-refractivity contribution < 1.29 is 18.7 Å². The summed E-state index contributed by atoms with van der Waals surface area (Å²) in [4.78, 5) is 14.1. The Labute approximate surface area is 130 Å². The summed E-state index contributed by atoms with van der Waals surface area (Å²) in [6.07, 6.45) is 0.841. The molecule has 1 aromatic rings. The molecule has 0 aliphatic carbocycles. The lowest BCUT2D eigenvalue weighted by Gasteiger charge is -2.28. The van der Waals surface area contributed by atoms with Gasteiger partial charge < -0.3 is 19.7 Å². The Morgan fingerprint density at radius 1 is 1.45 bits per heavy atom. The smallest absolute Gasteiger partial charge is 0.318 e. The largest absolute Gasteiger partial charge is 0.491 e. The number of benzene rings is 1. The molecule has 1 aromatic carbocycles. The third-order valence-electron chi connectivity index (χ3n) is 3.63. The second kappa shape index (κ2) is 7.98. The van der Waals surface area contributed by atoms with Gasteiger partial charge in [-0.15, -0.1) is 0 Å². The first-order valence-electron chi connectivity index (χ1n) is 7.59. The van der Waals surface area contributed by atoms with Crippen LogP contribution in [0.2, 0.25) is 0 Å². The van der Waals surface area contributed by atoms with Gasteiger partial charge in [-0.25, -0.2) is 9.18 Å². The molecule has 1 N–H and O–H groups in total. The molecule has 2 rings (SSSR count). The highest BCUT2D eigenvalue weighted by molar-refractivity contribution is 5.74. The van der Waals surface area contributed by atoms with Crippen molar-refractivity contribution in [1.82, 2.24) is 10.2 Å². The zero-order valence-electron chi connectivity index (χ0n) is 13.0. The van der Waals surface area contributed by atoms with Crippen molar-refractivity contribution in [2.24, 2.45) is 0 Å². The van der Waals surface area contributed by atoms with E-state index in [1.165, 1.54) is 12.1 Å². The Morgan fingerprint density at radius 3 is 2.91 bits per heavy atom. The van der Waals surface area contributed by atoms with Gasteiger partial charge in [-0.05, 0) is 44.5 Å². The highest BCUT2D eigenvalue weighted by Crippen LogP contribution is 2.12. The lowest BCUT2D eigenvalue weighted by atomic mass is 10.2. The lowest BCUT2D eigenvalue weighted by Crippen LogP contribution is -2.49. The minimum Gasteiger partial charge on any atom is -0.491 e. The number of nitrogens with one attached hydrogen (secondary N) is 1. The fraction of sp³-hybridized carbons (Fsp3) is 0.562. The SMILES string of the molecule is C[C@H](COc1ccc(F)cc1)NC(=O)N1CCOCC[C@@H]1C. The van der Waals surface area contributed by atoms with Crippen LogP contribution in [-0.4, -0.2) is 49.4 Å². The number of amides is 2. The number of hydrogen-bond donors (Lipinski definition) is 1. The molecule has 1 heterocycles. The second-order valence-electron chi connectivity index (χ2n) is 5.56. The van der Waals surface area contributed by atoms with Crippen molar-refractivity contribution in [1.29, 1.82) is 0 Å². The molecule has 22 heavy (non-hydrogen) atoms. The number of rotatable bonds is 4. The first-order valence-corrected chi connectivity index (χ1v) is 7.59. The third-order valence-corrected chi connectivity index (χ3v) is 3.63. The zero-order valence-corrected chi connectivity index (χ0v) is 13.0. The quantitative estimate of drug-likeness (QED) is 0.929. The van der Waals surface area contributed by atoms with Gasteiger partial charge >= 0.3 is 6.03 Å². The van der Waals surface area contributed by atoms with Gasteiger partial charge in [0.15, 0.2) is 0 Å². The molecular weight excluding hydrogens is 287 g/mol. The normalized spacial score (nSPS) is 20.1. The maximum Gasteiger partial charge on any atom is 0.318 e. The topological polar surface area (TPSA) is 50.8 Å². The molecule has 1 aliphatic rings. The van der Waals surface area contributed by atoms with Crippen LogP contribution in [0.4, 0.5) is 9.18 Å². The first-order chi connectivity index (χ1) is 10.6. The fourth-order valence-electron chi connectivity index (χ4n) is 2.28. The molecule has 6 heteroatoms. The van der Waals surface area contributed by atoms with Crippen molar-refractivity contribution in [2.75, 3.05) is 26.4 Å². The first kappa shape index (κ1) is 16.5.